The smallest absolute Gasteiger partial charge is 0.248 e. The van der Waals surface area contributed by atoms with Crippen LogP contribution in [0.2, 0.25) is 0 Å². The summed E-state index contributed by atoms with van der Waals surface area (Å²) in [6, 6.07) is 1.97. The molecule has 0 radical (unpaired) electrons. The van der Waals surface area contributed by atoms with Crippen LogP contribution in [0, 0.1) is 11.3 Å². The lowest BCUT2D eigenvalue weighted by Crippen LogP contribution is -2.41. The van der Waals surface area contributed by atoms with Gasteiger partial charge in [-0.1, -0.05) is 0 Å². The lowest BCUT2D eigenvalue weighted by molar-refractivity contribution is -0.126. The third-order valence-electron chi connectivity index (χ3n) is 0.969. The minimum absolute atomic E-state index is 0.252. The van der Waals surface area contributed by atoms with E-state index in [1.54, 1.807) is 0 Å². The molecule has 0 atom stereocenters. The van der Waals surface area contributed by atoms with Crippen LogP contribution >= 0.6 is 11.8 Å². The molecule has 6 heteroatoms. The molecule has 0 aromatic carbocycles. The zero-order valence-corrected chi connectivity index (χ0v) is 8.11. The van der Waals surface area contributed by atoms with Crippen LogP contribution in [0.15, 0.2) is 0 Å². The summed E-state index contributed by atoms with van der Waals surface area (Å²) >= 11 is 1.35. The third kappa shape index (κ3) is 8.69. The van der Waals surface area contributed by atoms with Gasteiger partial charge >= 0.3 is 0 Å². The van der Waals surface area contributed by atoms with E-state index >= 15 is 0 Å². The van der Waals surface area contributed by atoms with Crippen molar-refractivity contribution in [1.29, 1.82) is 5.26 Å². The van der Waals surface area contributed by atoms with E-state index in [1.165, 1.54) is 18.7 Å². The summed E-state index contributed by atoms with van der Waals surface area (Å²) in [5.41, 5.74) is 4.39. The van der Waals surface area contributed by atoms with Crippen molar-refractivity contribution >= 4 is 23.6 Å². The Labute approximate surface area is 80.8 Å². The molecule has 0 heterocycles. The fourth-order valence-electron chi connectivity index (χ4n) is 0.476. The Balaban J connectivity index is 3.31. The Morgan fingerprint density at radius 3 is 2.69 bits per heavy atom. The second-order valence-corrected chi connectivity index (χ2v) is 3.30. The molecule has 5 nitrogen and oxygen atoms in total. The number of hydrogen-bond acceptors (Lipinski definition) is 4. The van der Waals surface area contributed by atoms with Gasteiger partial charge in [0.2, 0.25) is 11.8 Å². The first-order valence-corrected chi connectivity index (χ1v) is 4.82. The van der Waals surface area contributed by atoms with Crippen LogP contribution in [0.4, 0.5) is 0 Å². The molecule has 0 aromatic heterocycles. The summed E-state index contributed by atoms with van der Waals surface area (Å²) in [5, 5.41) is 8.19. The van der Waals surface area contributed by atoms with Crippen LogP contribution in [0.3, 0.4) is 0 Å². The lowest BCUT2D eigenvalue weighted by Gasteiger charge is -2.03. The second-order valence-electron chi connectivity index (χ2n) is 2.19. The molecule has 0 aliphatic heterocycles. The molecular weight excluding hydrogens is 190 g/mol. The fraction of sp³-hybridized carbons (Fsp3) is 0.571. The molecule has 0 fully saturated rings. The number of nitriles is 1. The van der Waals surface area contributed by atoms with E-state index in [1.807, 2.05) is 6.07 Å². The van der Waals surface area contributed by atoms with Gasteiger partial charge in [0, 0.05) is 19.1 Å². The van der Waals surface area contributed by atoms with Crippen molar-refractivity contribution in [3.8, 4) is 6.07 Å². The first-order chi connectivity index (χ1) is 6.16. The molecule has 0 aromatic rings. The normalized spacial score (nSPS) is 8.62. The molecule has 0 bridgehead atoms. The number of carbonyl (C=O) groups is 2. The maximum Gasteiger partial charge on any atom is 0.248 e. The Morgan fingerprint density at radius 2 is 2.15 bits per heavy atom. The van der Waals surface area contributed by atoms with E-state index in [9.17, 15) is 9.59 Å². The Kier molecular flexibility index (Phi) is 6.73. The highest BCUT2D eigenvalue weighted by molar-refractivity contribution is 7.99. The van der Waals surface area contributed by atoms with Gasteiger partial charge in [-0.15, -0.1) is 0 Å². The number of hydrazine groups is 1. The monoisotopic (exact) mass is 201 g/mol. The number of thioether (sulfide) groups is 1. The van der Waals surface area contributed by atoms with Crippen LogP contribution in [-0.4, -0.2) is 23.3 Å². The highest BCUT2D eigenvalue weighted by atomic mass is 32.2. The van der Waals surface area contributed by atoms with Crippen LogP contribution in [-0.2, 0) is 9.59 Å². The van der Waals surface area contributed by atoms with Gasteiger partial charge in [0.05, 0.1) is 11.8 Å². The molecule has 0 aliphatic carbocycles. The Bertz CT molecular complexity index is 224. The molecule has 0 saturated carbocycles. The average molecular weight is 201 g/mol. The van der Waals surface area contributed by atoms with Gasteiger partial charge < -0.3 is 0 Å². The summed E-state index contributed by atoms with van der Waals surface area (Å²) in [5.74, 6) is 0.305. The zero-order chi connectivity index (χ0) is 10.1. The fourth-order valence-corrected chi connectivity index (χ4v) is 1.11. The predicted octanol–water partition coefficient (Wildman–Crippen LogP) is -0.199. The average Bonchev–Trinajstić information content (AvgIpc) is 2.09. The standard InChI is InChI=1S/C7H11N3O2S/c1-6(11)9-10-7(12)5-13-4-2-3-8/h2,4-5H2,1H3,(H,9,11)(H,10,12). The van der Waals surface area contributed by atoms with E-state index in [-0.39, 0.29) is 17.6 Å². The van der Waals surface area contributed by atoms with Crippen molar-refractivity contribution in [3.63, 3.8) is 0 Å². The maximum absolute atomic E-state index is 10.9. The van der Waals surface area contributed by atoms with Gasteiger partial charge in [0.25, 0.3) is 0 Å². The SMILES string of the molecule is CC(=O)NNC(=O)CSCCC#N. The largest absolute Gasteiger partial charge is 0.274 e. The number of nitrogens with one attached hydrogen (secondary N) is 2. The molecule has 0 unspecified atom stereocenters. The van der Waals surface area contributed by atoms with E-state index in [4.69, 9.17) is 5.26 Å². The molecule has 0 spiro atoms. The maximum atomic E-state index is 10.9. The number of rotatable bonds is 4. The zero-order valence-electron chi connectivity index (χ0n) is 7.29. The Hall–Kier alpha value is -1.22. The first-order valence-electron chi connectivity index (χ1n) is 3.67. The molecule has 13 heavy (non-hydrogen) atoms. The summed E-state index contributed by atoms with van der Waals surface area (Å²) in [6.07, 6.45) is 0.429. The quantitative estimate of drug-likeness (QED) is 0.487. The van der Waals surface area contributed by atoms with Gasteiger partial charge in [0.1, 0.15) is 0 Å². The van der Waals surface area contributed by atoms with E-state index in [2.05, 4.69) is 10.9 Å². The second kappa shape index (κ2) is 7.43. The van der Waals surface area contributed by atoms with E-state index in [0.29, 0.717) is 12.2 Å². The van der Waals surface area contributed by atoms with Crippen LogP contribution in [0.5, 0.6) is 0 Å². The minimum Gasteiger partial charge on any atom is -0.274 e. The van der Waals surface area contributed by atoms with Crippen molar-refractivity contribution in [1.82, 2.24) is 10.9 Å². The Morgan fingerprint density at radius 1 is 1.46 bits per heavy atom. The van der Waals surface area contributed by atoms with Gasteiger partial charge in [-0.2, -0.15) is 17.0 Å². The van der Waals surface area contributed by atoms with E-state index < -0.39 is 0 Å². The molecule has 0 rings (SSSR count). The van der Waals surface area contributed by atoms with Gasteiger partial charge in [0.15, 0.2) is 0 Å². The predicted molar refractivity (Wildman–Crippen MR) is 49.5 cm³/mol. The molecule has 0 aliphatic rings. The van der Waals surface area contributed by atoms with Crippen LogP contribution < -0.4 is 10.9 Å². The van der Waals surface area contributed by atoms with Crippen LogP contribution in [0.1, 0.15) is 13.3 Å². The molecular formula is C7H11N3O2S. The molecule has 2 N–H and O–H groups in total. The van der Waals surface area contributed by atoms with Gasteiger partial charge in [-0.05, 0) is 0 Å². The first kappa shape index (κ1) is 11.8. The number of nitrogens with zero attached hydrogens (tertiary/aromatic N) is 1. The summed E-state index contributed by atoms with van der Waals surface area (Å²) in [4.78, 5) is 21.2. The summed E-state index contributed by atoms with van der Waals surface area (Å²) < 4.78 is 0. The van der Waals surface area contributed by atoms with Crippen molar-refractivity contribution in [2.45, 2.75) is 13.3 Å². The topological polar surface area (TPSA) is 82.0 Å². The van der Waals surface area contributed by atoms with Gasteiger partial charge in [-0.3, -0.25) is 20.4 Å². The third-order valence-corrected chi connectivity index (χ3v) is 1.93. The number of amides is 2. The molecule has 72 valence electrons. The van der Waals surface area contributed by atoms with Crippen molar-refractivity contribution in [2.24, 2.45) is 0 Å². The summed E-state index contributed by atoms with van der Waals surface area (Å²) in [6.45, 7) is 1.31. The van der Waals surface area contributed by atoms with Crippen LogP contribution in [0.25, 0.3) is 0 Å². The molecule has 2 amide bonds. The van der Waals surface area contributed by atoms with Crippen molar-refractivity contribution < 1.29 is 9.59 Å². The number of hydrogen-bond donors (Lipinski definition) is 2. The molecule has 0 saturated heterocycles. The summed E-state index contributed by atoms with van der Waals surface area (Å²) in [7, 11) is 0. The number of carbonyl (C=O) groups excluding carboxylic acids is 2. The van der Waals surface area contributed by atoms with Gasteiger partial charge in [-0.25, -0.2) is 0 Å². The minimum atomic E-state index is -0.310. The van der Waals surface area contributed by atoms with Crippen molar-refractivity contribution in [3.05, 3.63) is 0 Å². The highest BCUT2D eigenvalue weighted by Crippen LogP contribution is 1.99. The highest BCUT2D eigenvalue weighted by Gasteiger charge is 2.00. The lowest BCUT2D eigenvalue weighted by atomic mass is 10.6. The van der Waals surface area contributed by atoms with Crippen molar-refractivity contribution in [2.75, 3.05) is 11.5 Å². The van der Waals surface area contributed by atoms with E-state index in [0.717, 1.165) is 0 Å².